The molecule has 0 unspecified atom stereocenters. The van der Waals surface area contributed by atoms with E-state index in [2.05, 4.69) is 30.3 Å². The average Bonchev–Trinajstić information content (AvgIpc) is 3.34. The molecule has 1 aliphatic rings. The van der Waals surface area contributed by atoms with Crippen LogP contribution in [-0.4, -0.2) is 53.2 Å². The minimum Gasteiger partial charge on any atom is -0.337 e. The molecular weight excluding hydrogens is 368 g/mol. The van der Waals surface area contributed by atoms with E-state index in [0.717, 1.165) is 42.3 Å². The number of hydrogen-bond donors (Lipinski definition) is 1. The Morgan fingerprint density at radius 3 is 2.62 bits per heavy atom. The zero-order valence-corrected chi connectivity index (χ0v) is 17.3. The normalized spacial score (nSPS) is 17.0. The highest BCUT2D eigenvalue weighted by atomic mass is 16.2. The lowest BCUT2D eigenvalue weighted by molar-refractivity contribution is -0.117. The summed E-state index contributed by atoms with van der Waals surface area (Å²) in [7, 11) is 1.99. The van der Waals surface area contributed by atoms with Crippen LogP contribution >= 0.6 is 0 Å². The average molecular weight is 394 g/mol. The van der Waals surface area contributed by atoms with Crippen molar-refractivity contribution >= 4 is 11.7 Å². The standard InChI is InChI=1S/C20H26N8O/c1-13-10-14(2)23-20(22-13)28-17(11-15(3)25-28)24-18(29)12-27-8-5-6-16(27)19-21-7-9-26(19)4/h7,9-11,16H,5-6,8,12H2,1-4H3,(H,24,29)/t16-/m1/s1. The number of rotatable bonds is 5. The smallest absolute Gasteiger partial charge is 0.252 e. The molecule has 3 aromatic heterocycles. The fourth-order valence-electron chi connectivity index (χ4n) is 3.92. The van der Waals surface area contributed by atoms with E-state index in [1.54, 1.807) is 10.9 Å². The monoisotopic (exact) mass is 394 g/mol. The van der Waals surface area contributed by atoms with Crippen molar-refractivity contribution in [3.05, 3.63) is 47.4 Å². The summed E-state index contributed by atoms with van der Waals surface area (Å²) >= 11 is 0. The molecule has 0 radical (unpaired) electrons. The Kier molecular flexibility index (Phi) is 5.14. The van der Waals surface area contributed by atoms with Crippen LogP contribution in [-0.2, 0) is 11.8 Å². The number of hydrogen-bond acceptors (Lipinski definition) is 6. The molecule has 0 aliphatic carbocycles. The van der Waals surface area contributed by atoms with Gasteiger partial charge in [-0.25, -0.2) is 15.0 Å². The summed E-state index contributed by atoms with van der Waals surface area (Å²) < 4.78 is 3.62. The first-order valence-electron chi connectivity index (χ1n) is 9.81. The Labute approximate surface area is 169 Å². The number of aryl methyl sites for hydroxylation is 4. The third kappa shape index (κ3) is 4.04. The van der Waals surface area contributed by atoms with Gasteiger partial charge in [0.05, 0.1) is 18.3 Å². The lowest BCUT2D eigenvalue weighted by Gasteiger charge is -2.23. The van der Waals surface area contributed by atoms with Crippen LogP contribution in [0.3, 0.4) is 0 Å². The van der Waals surface area contributed by atoms with Gasteiger partial charge >= 0.3 is 0 Å². The highest BCUT2D eigenvalue weighted by Crippen LogP contribution is 2.30. The van der Waals surface area contributed by atoms with Gasteiger partial charge in [0, 0.05) is 36.9 Å². The number of imidazole rings is 1. The third-order valence-corrected chi connectivity index (χ3v) is 5.13. The molecule has 0 bridgehead atoms. The Hall–Kier alpha value is -3.07. The first-order valence-corrected chi connectivity index (χ1v) is 9.81. The third-order valence-electron chi connectivity index (χ3n) is 5.13. The van der Waals surface area contributed by atoms with Crippen LogP contribution in [0.25, 0.3) is 5.95 Å². The van der Waals surface area contributed by atoms with Crippen molar-refractivity contribution in [2.24, 2.45) is 7.05 Å². The molecule has 0 aromatic carbocycles. The number of anilines is 1. The quantitative estimate of drug-likeness (QED) is 0.712. The SMILES string of the molecule is Cc1cc(C)nc(-n2nc(C)cc2NC(=O)CN2CCC[C@@H]2c2nccn2C)n1. The number of carbonyl (C=O) groups excluding carboxylic acids is 1. The van der Waals surface area contributed by atoms with E-state index in [1.165, 1.54) is 0 Å². The minimum absolute atomic E-state index is 0.0864. The fraction of sp³-hybridized carbons (Fsp3) is 0.450. The van der Waals surface area contributed by atoms with Crippen molar-refractivity contribution in [1.82, 2.24) is 34.2 Å². The topological polar surface area (TPSA) is 93.8 Å². The summed E-state index contributed by atoms with van der Waals surface area (Å²) in [4.78, 5) is 28.4. The molecule has 9 heteroatoms. The molecule has 29 heavy (non-hydrogen) atoms. The largest absolute Gasteiger partial charge is 0.337 e. The van der Waals surface area contributed by atoms with E-state index >= 15 is 0 Å². The van der Waals surface area contributed by atoms with Crippen molar-refractivity contribution in [1.29, 1.82) is 0 Å². The molecule has 1 aliphatic heterocycles. The number of aromatic nitrogens is 6. The van der Waals surface area contributed by atoms with Gasteiger partial charge in [0.25, 0.3) is 5.95 Å². The molecule has 9 nitrogen and oxygen atoms in total. The second-order valence-electron chi connectivity index (χ2n) is 7.61. The van der Waals surface area contributed by atoms with Crippen molar-refractivity contribution in [3.8, 4) is 5.95 Å². The molecule has 3 aromatic rings. The van der Waals surface area contributed by atoms with Crippen LogP contribution in [0.4, 0.5) is 5.82 Å². The molecule has 4 heterocycles. The van der Waals surface area contributed by atoms with Crippen LogP contribution in [0.2, 0.25) is 0 Å². The molecular formula is C20H26N8O. The van der Waals surface area contributed by atoms with E-state index in [1.807, 2.05) is 50.7 Å². The van der Waals surface area contributed by atoms with Crippen molar-refractivity contribution in [2.45, 2.75) is 39.7 Å². The summed E-state index contributed by atoms with van der Waals surface area (Å²) in [6, 6.07) is 3.90. The molecule has 0 saturated carbocycles. The van der Waals surface area contributed by atoms with Gasteiger partial charge in [0.1, 0.15) is 11.6 Å². The first-order chi connectivity index (χ1) is 13.9. The van der Waals surface area contributed by atoms with Crippen LogP contribution in [0.5, 0.6) is 0 Å². The lowest BCUT2D eigenvalue weighted by atomic mass is 10.2. The second-order valence-corrected chi connectivity index (χ2v) is 7.61. The maximum atomic E-state index is 12.8. The number of carbonyl (C=O) groups is 1. The summed E-state index contributed by atoms with van der Waals surface area (Å²) in [5.41, 5.74) is 2.50. The van der Waals surface area contributed by atoms with Gasteiger partial charge in [0.15, 0.2) is 0 Å². The molecule has 1 saturated heterocycles. The molecule has 1 atom stereocenters. The van der Waals surface area contributed by atoms with Crippen LogP contribution < -0.4 is 5.32 Å². The van der Waals surface area contributed by atoms with Gasteiger partial charge in [-0.2, -0.15) is 9.78 Å². The van der Waals surface area contributed by atoms with E-state index in [-0.39, 0.29) is 11.9 Å². The zero-order chi connectivity index (χ0) is 20.5. The Morgan fingerprint density at radius 1 is 1.17 bits per heavy atom. The van der Waals surface area contributed by atoms with Gasteiger partial charge in [-0.3, -0.25) is 9.69 Å². The van der Waals surface area contributed by atoms with Gasteiger partial charge in [-0.05, 0) is 46.2 Å². The predicted octanol–water partition coefficient (Wildman–Crippen LogP) is 2.10. The summed E-state index contributed by atoms with van der Waals surface area (Å²) in [5, 5.41) is 7.45. The second kappa shape index (κ2) is 7.75. The van der Waals surface area contributed by atoms with Gasteiger partial charge < -0.3 is 9.88 Å². The van der Waals surface area contributed by atoms with Crippen LogP contribution in [0.15, 0.2) is 24.5 Å². The number of likely N-dealkylation sites (tertiary alicyclic amines) is 1. The highest BCUT2D eigenvalue weighted by Gasteiger charge is 2.30. The van der Waals surface area contributed by atoms with E-state index < -0.39 is 0 Å². The zero-order valence-electron chi connectivity index (χ0n) is 17.3. The summed E-state index contributed by atoms with van der Waals surface area (Å²) in [6.07, 6.45) is 5.80. The van der Waals surface area contributed by atoms with Crippen LogP contribution in [0.1, 0.15) is 41.8 Å². The van der Waals surface area contributed by atoms with E-state index in [4.69, 9.17) is 0 Å². The first kappa shape index (κ1) is 19.3. The highest BCUT2D eigenvalue weighted by molar-refractivity contribution is 5.91. The summed E-state index contributed by atoms with van der Waals surface area (Å²) in [6.45, 7) is 6.89. The fourth-order valence-corrected chi connectivity index (χ4v) is 3.92. The number of nitrogens with one attached hydrogen (secondary N) is 1. The van der Waals surface area contributed by atoms with Crippen molar-refractivity contribution in [2.75, 3.05) is 18.4 Å². The Morgan fingerprint density at radius 2 is 1.93 bits per heavy atom. The van der Waals surface area contributed by atoms with Gasteiger partial charge in [-0.15, -0.1) is 0 Å². The predicted molar refractivity (Wildman–Crippen MR) is 109 cm³/mol. The molecule has 152 valence electrons. The maximum absolute atomic E-state index is 12.8. The summed E-state index contributed by atoms with van der Waals surface area (Å²) in [5.74, 6) is 1.94. The maximum Gasteiger partial charge on any atom is 0.252 e. The Balaban J connectivity index is 1.51. The molecule has 0 spiro atoms. The van der Waals surface area contributed by atoms with E-state index in [9.17, 15) is 4.79 Å². The molecule has 1 fully saturated rings. The number of nitrogens with zero attached hydrogens (tertiary/aromatic N) is 7. The van der Waals surface area contributed by atoms with Gasteiger partial charge in [0.2, 0.25) is 5.91 Å². The number of amides is 1. The lowest BCUT2D eigenvalue weighted by Crippen LogP contribution is -2.34. The molecule has 1 amide bonds. The Bertz CT molecular complexity index is 1020. The van der Waals surface area contributed by atoms with E-state index in [0.29, 0.717) is 18.3 Å². The van der Waals surface area contributed by atoms with Crippen molar-refractivity contribution in [3.63, 3.8) is 0 Å². The van der Waals surface area contributed by atoms with Crippen LogP contribution in [0, 0.1) is 20.8 Å². The minimum atomic E-state index is -0.0864. The molecule has 4 rings (SSSR count). The molecule has 1 N–H and O–H groups in total. The van der Waals surface area contributed by atoms with Gasteiger partial charge in [-0.1, -0.05) is 0 Å². The van der Waals surface area contributed by atoms with Crippen molar-refractivity contribution < 1.29 is 4.79 Å².